The first kappa shape index (κ1) is 21.3. The Morgan fingerprint density at radius 1 is 1.24 bits per heavy atom. The fourth-order valence-electron chi connectivity index (χ4n) is 3.95. The highest BCUT2D eigenvalue weighted by molar-refractivity contribution is 5.85. The molecule has 1 fully saturated rings. The molecule has 0 radical (unpaired) electrons. The lowest BCUT2D eigenvalue weighted by Gasteiger charge is -2.31. The summed E-state index contributed by atoms with van der Waals surface area (Å²) < 4.78 is 6.26. The van der Waals surface area contributed by atoms with Gasteiger partial charge in [-0.1, -0.05) is 26.0 Å². The third-order valence-corrected chi connectivity index (χ3v) is 5.61. The van der Waals surface area contributed by atoms with Gasteiger partial charge in [-0.05, 0) is 68.0 Å². The summed E-state index contributed by atoms with van der Waals surface area (Å²) in [6.07, 6.45) is 3.70. The van der Waals surface area contributed by atoms with E-state index in [1.807, 2.05) is 39.0 Å². The first-order valence-electron chi connectivity index (χ1n) is 10.3. The molecule has 1 N–H and O–H groups in total. The van der Waals surface area contributed by atoms with Crippen LogP contribution >= 0.6 is 0 Å². The molecule has 0 saturated carbocycles. The van der Waals surface area contributed by atoms with Crippen molar-refractivity contribution >= 4 is 5.91 Å². The average Bonchev–Trinajstić information content (AvgIpc) is 3.01. The molecule has 156 valence electrons. The van der Waals surface area contributed by atoms with Crippen molar-refractivity contribution in [3.8, 4) is 5.75 Å². The fraction of sp³-hybridized carbons (Fsp3) is 0.500. The number of ether oxygens (including phenoxy) is 1. The molecule has 29 heavy (non-hydrogen) atoms. The smallest absolute Gasteiger partial charge is 0.266 e. The van der Waals surface area contributed by atoms with Gasteiger partial charge in [-0.2, -0.15) is 0 Å². The van der Waals surface area contributed by atoms with E-state index in [1.165, 1.54) is 0 Å². The second-order valence-corrected chi connectivity index (χ2v) is 8.91. The maximum absolute atomic E-state index is 13.3. The third-order valence-electron chi connectivity index (χ3n) is 5.61. The van der Waals surface area contributed by atoms with Crippen molar-refractivity contribution in [3.05, 3.63) is 59.4 Å². The van der Waals surface area contributed by atoms with Gasteiger partial charge in [0.15, 0.2) is 5.60 Å². The molecule has 1 aliphatic heterocycles. The molecule has 1 aromatic carbocycles. The molecular formula is C24H32N2O3. The third kappa shape index (κ3) is 4.96. The highest BCUT2D eigenvalue weighted by atomic mass is 16.5. The van der Waals surface area contributed by atoms with Gasteiger partial charge in [-0.3, -0.25) is 9.78 Å². The van der Waals surface area contributed by atoms with Gasteiger partial charge in [0.25, 0.3) is 5.91 Å². The van der Waals surface area contributed by atoms with E-state index in [-0.39, 0.29) is 11.8 Å². The molecule has 2 aromatic rings. The molecule has 2 atom stereocenters. The summed E-state index contributed by atoms with van der Waals surface area (Å²) in [4.78, 5) is 19.0. The molecule has 5 heteroatoms. The van der Waals surface area contributed by atoms with Crippen LogP contribution in [0.3, 0.4) is 0 Å². The van der Waals surface area contributed by atoms with Gasteiger partial charge in [-0.25, -0.2) is 0 Å². The number of hydrogen-bond acceptors (Lipinski definition) is 4. The van der Waals surface area contributed by atoms with Crippen molar-refractivity contribution in [2.24, 2.45) is 5.92 Å². The molecule has 0 unspecified atom stereocenters. The Morgan fingerprint density at radius 2 is 1.93 bits per heavy atom. The lowest BCUT2D eigenvalue weighted by molar-refractivity contribution is -0.144. The van der Waals surface area contributed by atoms with Crippen LogP contribution in [0.15, 0.2) is 42.7 Å². The second kappa shape index (κ2) is 8.54. The van der Waals surface area contributed by atoms with Gasteiger partial charge in [0.05, 0.1) is 6.10 Å². The number of carbonyl (C=O) groups is 1. The van der Waals surface area contributed by atoms with E-state index in [0.717, 1.165) is 28.9 Å². The first-order chi connectivity index (χ1) is 13.7. The molecule has 2 heterocycles. The van der Waals surface area contributed by atoms with Crippen LogP contribution in [0.5, 0.6) is 5.75 Å². The number of amides is 1. The van der Waals surface area contributed by atoms with Crippen LogP contribution in [0.25, 0.3) is 0 Å². The maximum atomic E-state index is 13.3. The second-order valence-electron chi connectivity index (χ2n) is 8.91. The van der Waals surface area contributed by atoms with Crippen molar-refractivity contribution in [1.29, 1.82) is 0 Å². The van der Waals surface area contributed by atoms with E-state index in [1.54, 1.807) is 17.3 Å². The van der Waals surface area contributed by atoms with E-state index in [0.29, 0.717) is 19.0 Å². The van der Waals surface area contributed by atoms with Gasteiger partial charge in [0, 0.05) is 31.4 Å². The van der Waals surface area contributed by atoms with E-state index < -0.39 is 11.7 Å². The normalized spacial score (nSPS) is 19.6. The molecule has 3 rings (SSSR count). The predicted molar refractivity (Wildman–Crippen MR) is 114 cm³/mol. The standard InChI is InChI=1S/C24H32N2O3/c1-16(2)20-7-6-17(3)12-22(20)29-24(4,5)23(28)26-14-19(21(27)15-26)13-18-8-10-25-11-9-18/h6-12,16,19,21,27H,13-15H2,1-5H3/t19-,21-/m1/s1. The Labute approximate surface area is 173 Å². The van der Waals surface area contributed by atoms with Crippen molar-refractivity contribution in [2.45, 2.75) is 58.7 Å². The zero-order valence-electron chi connectivity index (χ0n) is 18.1. The van der Waals surface area contributed by atoms with Gasteiger partial charge in [0.1, 0.15) is 5.75 Å². The Balaban J connectivity index is 1.72. The summed E-state index contributed by atoms with van der Waals surface area (Å²) in [5, 5.41) is 10.5. The summed E-state index contributed by atoms with van der Waals surface area (Å²) in [6, 6.07) is 10.0. The number of aromatic nitrogens is 1. The number of carbonyl (C=O) groups excluding carboxylic acids is 1. The molecule has 0 aliphatic carbocycles. The summed E-state index contributed by atoms with van der Waals surface area (Å²) in [6.45, 7) is 10.7. The number of pyridine rings is 1. The number of β-amino-alcohol motifs (C(OH)–C–C–N with tert-alkyl or cyclic N) is 1. The van der Waals surface area contributed by atoms with Crippen molar-refractivity contribution < 1.29 is 14.6 Å². The highest BCUT2D eigenvalue weighted by Gasteiger charge is 2.41. The van der Waals surface area contributed by atoms with Gasteiger partial charge >= 0.3 is 0 Å². The summed E-state index contributed by atoms with van der Waals surface area (Å²) in [5.74, 6) is 0.980. The number of aliphatic hydroxyl groups excluding tert-OH is 1. The van der Waals surface area contributed by atoms with Crippen LogP contribution in [0.1, 0.15) is 50.3 Å². The predicted octanol–water partition coefficient (Wildman–Crippen LogP) is 3.73. The average molecular weight is 397 g/mol. The Hall–Kier alpha value is -2.40. The quantitative estimate of drug-likeness (QED) is 0.808. The highest BCUT2D eigenvalue weighted by Crippen LogP contribution is 2.32. The summed E-state index contributed by atoms with van der Waals surface area (Å²) in [7, 11) is 0. The lowest BCUT2D eigenvalue weighted by Crippen LogP contribution is -2.48. The number of rotatable bonds is 6. The summed E-state index contributed by atoms with van der Waals surface area (Å²) >= 11 is 0. The summed E-state index contributed by atoms with van der Waals surface area (Å²) in [5.41, 5.74) is 2.30. The van der Waals surface area contributed by atoms with Gasteiger partial charge < -0.3 is 14.7 Å². The van der Waals surface area contributed by atoms with E-state index in [9.17, 15) is 9.90 Å². The van der Waals surface area contributed by atoms with Crippen LogP contribution < -0.4 is 4.74 Å². The zero-order chi connectivity index (χ0) is 21.2. The largest absolute Gasteiger partial charge is 0.478 e. The van der Waals surface area contributed by atoms with Crippen LogP contribution in [-0.4, -0.2) is 45.7 Å². The molecule has 1 aromatic heterocycles. The Kier molecular flexibility index (Phi) is 6.27. The van der Waals surface area contributed by atoms with E-state index in [4.69, 9.17) is 4.74 Å². The molecule has 0 bridgehead atoms. The maximum Gasteiger partial charge on any atom is 0.266 e. The van der Waals surface area contributed by atoms with Crippen LogP contribution in [-0.2, 0) is 11.2 Å². The lowest BCUT2D eigenvalue weighted by atomic mass is 9.97. The van der Waals surface area contributed by atoms with Gasteiger partial charge in [-0.15, -0.1) is 0 Å². The molecule has 1 amide bonds. The Bertz CT molecular complexity index is 848. The van der Waals surface area contributed by atoms with Crippen molar-refractivity contribution in [2.75, 3.05) is 13.1 Å². The van der Waals surface area contributed by atoms with Crippen molar-refractivity contribution in [3.63, 3.8) is 0 Å². The number of likely N-dealkylation sites (tertiary alicyclic amines) is 1. The molecule has 1 saturated heterocycles. The molecular weight excluding hydrogens is 364 g/mol. The zero-order valence-corrected chi connectivity index (χ0v) is 18.1. The number of aliphatic hydroxyl groups is 1. The minimum Gasteiger partial charge on any atom is -0.478 e. The number of benzene rings is 1. The number of aryl methyl sites for hydroxylation is 1. The molecule has 0 spiro atoms. The monoisotopic (exact) mass is 396 g/mol. The van der Waals surface area contributed by atoms with Crippen LogP contribution in [0.4, 0.5) is 0 Å². The number of hydrogen-bond donors (Lipinski definition) is 1. The first-order valence-corrected chi connectivity index (χ1v) is 10.3. The minimum absolute atomic E-state index is 0.0161. The SMILES string of the molecule is Cc1ccc(C(C)C)c(OC(C)(C)C(=O)N2C[C@@H](Cc3ccncc3)[C@H](O)C2)c1. The van der Waals surface area contributed by atoms with E-state index >= 15 is 0 Å². The van der Waals surface area contributed by atoms with Crippen LogP contribution in [0.2, 0.25) is 0 Å². The topological polar surface area (TPSA) is 62.7 Å². The van der Waals surface area contributed by atoms with E-state index in [2.05, 4.69) is 31.0 Å². The van der Waals surface area contributed by atoms with Crippen molar-refractivity contribution in [1.82, 2.24) is 9.88 Å². The fourth-order valence-corrected chi connectivity index (χ4v) is 3.95. The van der Waals surface area contributed by atoms with Crippen LogP contribution in [0, 0.1) is 12.8 Å². The number of nitrogens with zero attached hydrogens (tertiary/aromatic N) is 2. The Morgan fingerprint density at radius 3 is 2.59 bits per heavy atom. The molecule has 1 aliphatic rings. The molecule has 5 nitrogen and oxygen atoms in total. The minimum atomic E-state index is -1.01. The van der Waals surface area contributed by atoms with Gasteiger partial charge in [0.2, 0.25) is 0 Å².